The number of aromatic nitrogens is 6. The van der Waals surface area contributed by atoms with Gasteiger partial charge in [0.15, 0.2) is 17.4 Å². The zero-order chi connectivity index (χ0) is 27.1. The summed E-state index contributed by atoms with van der Waals surface area (Å²) in [5, 5.41) is 3.28. The van der Waals surface area contributed by atoms with Crippen molar-refractivity contribution in [1.82, 2.24) is 29.9 Å². The van der Waals surface area contributed by atoms with E-state index in [4.69, 9.17) is 19.2 Å². The number of halogens is 3. The molecule has 2 bridgehead atoms. The van der Waals surface area contributed by atoms with Gasteiger partial charge in [0.05, 0.1) is 25.2 Å². The number of ether oxygens (including phenoxy) is 3. The molecule has 1 aliphatic carbocycles. The molecule has 39 heavy (non-hydrogen) atoms. The van der Waals surface area contributed by atoms with Crippen molar-refractivity contribution in [3.63, 3.8) is 0 Å². The number of anilines is 1. The Morgan fingerprint density at radius 3 is 2.67 bits per heavy atom. The van der Waals surface area contributed by atoms with Gasteiger partial charge < -0.3 is 24.5 Å². The summed E-state index contributed by atoms with van der Waals surface area (Å²) in [5.41, 5.74) is 1.73. The van der Waals surface area contributed by atoms with Crippen molar-refractivity contribution in [1.29, 1.82) is 0 Å². The average molecular weight is 540 g/mol. The molecule has 3 aromatic heterocycles. The minimum atomic E-state index is -4.53. The van der Waals surface area contributed by atoms with Crippen molar-refractivity contribution in [3.05, 3.63) is 53.9 Å². The SMILES string of the molecule is COc1cnc2nc1NCc1ccc(-c3ncc(C(F)(F)F)[nH]3)cc1OCC(C)Oc1ncnc(C3CC3)c1-2. The number of nitrogens with one attached hydrogen (secondary N) is 2. The average Bonchev–Trinajstić information content (AvgIpc) is 3.64. The van der Waals surface area contributed by atoms with Crippen LogP contribution in [0.5, 0.6) is 17.4 Å². The summed E-state index contributed by atoms with van der Waals surface area (Å²) >= 11 is 0. The normalized spacial score (nSPS) is 17.2. The van der Waals surface area contributed by atoms with E-state index in [0.717, 1.165) is 30.3 Å². The van der Waals surface area contributed by atoms with Crippen LogP contribution in [-0.4, -0.2) is 49.7 Å². The first kappa shape index (κ1) is 24.9. The van der Waals surface area contributed by atoms with Crippen LogP contribution in [0.2, 0.25) is 0 Å². The van der Waals surface area contributed by atoms with Gasteiger partial charge in [0, 0.05) is 23.6 Å². The molecule has 0 spiro atoms. The Labute approximate surface area is 221 Å². The lowest BCUT2D eigenvalue weighted by molar-refractivity contribution is -0.140. The van der Waals surface area contributed by atoms with E-state index in [9.17, 15) is 13.2 Å². The van der Waals surface area contributed by atoms with Crippen LogP contribution in [0.1, 0.15) is 42.6 Å². The number of nitrogens with zero attached hydrogens (tertiary/aromatic N) is 5. The van der Waals surface area contributed by atoms with Gasteiger partial charge >= 0.3 is 6.18 Å². The van der Waals surface area contributed by atoms with Crippen LogP contribution >= 0.6 is 0 Å². The van der Waals surface area contributed by atoms with Crippen LogP contribution in [0.3, 0.4) is 0 Å². The molecule has 1 atom stereocenters. The number of hydrogen-bond acceptors (Lipinski definition) is 9. The number of rotatable bonds is 3. The fourth-order valence-corrected chi connectivity index (χ4v) is 4.32. The maximum Gasteiger partial charge on any atom is 0.432 e. The summed E-state index contributed by atoms with van der Waals surface area (Å²) in [6, 6.07) is 5.09. The first-order valence-electron chi connectivity index (χ1n) is 12.3. The van der Waals surface area contributed by atoms with Gasteiger partial charge in [-0.2, -0.15) is 13.2 Å². The summed E-state index contributed by atoms with van der Waals surface area (Å²) < 4.78 is 57.1. The molecule has 0 amide bonds. The van der Waals surface area contributed by atoms with Crippen LogP contribution in [0.4, 0.5) is 19.0 Å². The van der Waals surface area contributed by atoms with Crippen molar-refractivity contribution in [2.45, 2.75) is 44.5 Å². The van der Waals surface area contributed by atoms with E-state index in [1.807, 2.05) is 6.92 Å². The number of benzene rings is 1. The molecule has 202 valence electrons. The molecule has 10 nitrogen and oxygen atoms in total. The van der Waals surface area contributed by atoms with Gasteiger partial charge in [-0.3, -0.25) is 0 Å². The van der Waals surface area contributed by atoms with Gasteiger partial charge in [0.25, 0.3) is 0 Å². The van der Waals surface area contributed by atoms with E-state index >= 15 is 0 Å². The highest BCUT2D eigenvalue weighted by Crippen LogP contribution is 2.45. The second-order valence-electron chi connectivity index (χ2n) is 9.38. The van der Waals surface area contributed by atoms with Gasteiger partial charge in [-0.25, -0.2) is 24.9 Å². The number of imidazole rings is 1. The Bertz CT molecular complexity index is 1520. The van der Waals surface area contributed by atoms with E-state index in [2.05, 4.69) is 30.2 Å². The van der Waals surface area contributed by atoms with Crippen LogP contribution in [0.15, 0.2) is 36.9 Å². The lowest BCUT2D eigenvalue weighted by Gasteiger charge is -2.19. The van der Waals surface area contributed by atoms with E-state index in [1.165, 1.54) is 13.4 Å². The van der Waals surface area contributed by atoms with E-state index < -0.39 is 18.0 Å². The first-order valence-corrected chi connectivity index (χ1v) is 12.3. The molecule has 1 unspecified atom stereocenters. The quantitative estimate of drug-likeness (QED) is 0.371. The third-order valence-corrected chi connectivity index (χ3v) is 6.46. The minimum absolute atomic E-state index is 0.0780. The molecule has 2 aliphatic rings. The number of fused-ring (bicyclic) bond motifs is 5. The fourth-order valence-electron chi connectivity index (χ4n) is 4.32. The van der Waals surface area contributed by atoms with Gasteiger partial charge in [0.1, 0.15) is 41.9 Å². The lowest BCUT2D eigenvalue weighted by Crippen LogP contribution is -2.22. The Kier molecular flexibility index (Phi) is 6.20. The molecule has 4 aromatic rings. The second kappa shape index (κ2) is 9.71. The highest BCUT2D eigenvalue weighted by molar-refractivity contribution is 5.68. The number of hydrogen-bond donors (Lipinski definition) is 2. The molecular formula is C26H24F3N7O3. The Morgan fingerprint density at radius 1 is 1.08 bits per heavy atom. The number of alkyl halides is 3. The molecular weight excluding hydrogens is 515 g/mol. The topological polar surface area (TPSA) is 120 Å². The highest BCUT2D eigenvalue weighted by atomic mass is 19.4. The molecule has 6 rings (SSSR count). The number of methoxy groups -OCH3 is 1. The summed E-state index contributed by atoms with van der Waals surface area (Å²) in [6.45, 7) is 2.27. The van der Waals surface area contributed by atoms with Crippen molar-refractivity contribution < 1.29 is 27.4 Å². The summed E-state index contributed by atoms with van der Waals surface area (Å²) in [6.07, 6.45) is 0.891. The molecule has 13 heteroatoms. The minimum Gasteiger partial charge on any atom is -0.491 e. The van der Waals surface area contributed by atoms with Crippen molar-refractivity contribution in [3.8, 4) is 40.2 Å². The largest absolute Gasteiger partial charge is 0.491 e. The predicted molar refractivity (Wildman–Crippen MR) is 134 cm³/mol. The van der Waals surface area contributed by atoms with Crippen molar-refractivity contribution in [2.24, 2.45) is 0 Å². The molecule has 0 radical (unpaired) electrons. The standard InChI is InChI=1S/C26H24F3N7O3/c1-13-11-38-17-7-15(22-32-10-19(35-22)26(27,28)29)5-6-16(17)8-30-23-18(37-2)9-31-24(36-23)20-21(14-3-4-14)33-12-34-25(20)39-13/h5-7,9-10,12-14H,3-4,8,11H2,1-2H3,(H,32,35)(H,30,31,36). The Balaban J connectivity index is 1.40. The monoisotopic (exact) mass is 539 g/mol. The Hall–Kier alpha value is -4.42. The van der Waals surface area contributed by atoms with Gasteiger partial charge in [-0.1, -0.05) is 12.1 Å². The molecule has 1 saturated carbocycles. The van der Waals surface area contributed by atoms with Crippen molar-refractivity contribution in [2.75, 3.05) is 19.0 Å². The molecule has 1 aliphatic heterocycles. The van der Waals surface area contributed by atoms with E-state index in [-0.39, 0.29) is 24.9 Å². The van der Waals surface area contributed by atoms with Crippen LogP contribution < -0.4 is 19.5 Å². The third-order valence-electron chi connectivity index (χ3n) is 6.46. The smallest absolute Gasteiger partial charge is 0.432 e. The van der Waals surface area contributed by atoms with Crippen LogP contribution in [0, 0.1) is 0 Å². The van der Waals surface area contributed by atoms with Gasteiger partial charge in [-0.15, -0.1) is 0 Å². The maximum absolute atomic E-state index is 13.1. The van der Waals surface area contributed by atoms with E-state index in [0.29, 0.717) is 40.1 Å². The van der Waals surface area contributed by atoms with Gasteiger partial charge in [0.2, 0.25) is 5.88 Å². The summed E-state index contributed by atoms with van der Waals surface area (Å²) in [7, 11) is 1.52. The lowest BCUT2D eigenvalue weighted by atomic mass is 10.1. The molecule has 0 saturated heterocycles. The first-order chi connectivity index (χ1) is 18.8. The highest BCUT2D eigenvalue weighted by Gasteiger charge is 2.34. The zero-order valence-electron chi connectivity index (χ0n) is 21.0. The van der Waals surface area contributed by atoms with Crippen molar-refractivity contribution >= 4 is 5.82 Å². The molecule has 4 heterocycles. The molecule has 1 fully saturated rings. The second-order valence-corrected chi connectivity index (χ2v) is 9.38. The fraction of sp³-hybridized carbons (Fsp3) is 0.346. The van der Waals surface area contributed by atoms with Crippen LogP contribution in [0.25, 0.3) is 22.8 Å². The van der Waals surface area contributed by atoms with E-state index in [1.54, 1.807) is 24.4 Å². The number of H-pyrrole nitrogens is 1. The number of aromatic amines is 1. The molecule has 2 N–H and O–H groups in total. The predicted octanol–water partition coefficient (Wildman–Crippen LogP) is 5.00. The third kappa shape index (κ3) is 5.03. The zero-order valence-corrected chi connectivity index (χ0v) is 21.0. The Morgan fingerprint density at radius 2 is 1.92 bits per heavy atom. The summed E-state index contributed by atoms with van der Waals surface area (Å²) in [4.78, 5) is 24.4. The maximum atomic E-state index is 13.1. The van der Waals surface area contributed by atoms with Crippen LogP contribution in [-0.2, 0) is 12.7 Å². The molecule has 1 aromatic carbocycles. The van der Waals surface area contributed by atoms with Gasteiger partial charge in [-0.05, 0) is 25.8 Å². The summed E-state index contributed by atoms with van der Waals surface area (Å²) in [5.74, 6) is 2.46.